The van der Waals surface area contributed by atoms with Crippen LogP contribution in [-0.4, -0.2) is 35.2 Å². The SMILES string of the molecule is CCCC(CCO)CNC(=O)c1ccccc1C(=O)O. The molecule has 0 aliphatic rings. The van der Waals surface area contributed by atoms with E-state index in [0.717, 1.165) is 12.8 Å². The van der Waals surface area contributed by atoms with E-state index in [1.54, 1.807) is 12.1 Å². The Balaban J connectivity index is 2.69. The Morgan fingerprint density at radius 1 is 1.20 bits per heavy atom. The minimum absolute atomic E-state index is 0.000741. The lowest BCUT2D eigenvalue weighted by molar-refractivity contribution is 0.0691. The number of carbonyl (C=O) groups is 2. The molecule has 1 atom stereocenters. The lowest BCUT2D eigenvalue weighted by Gasteiger charge is -2.16. The second-order valence-electron chi connectivity index (χ2n) is 4.73. The van der Waals surface area contributed by atoms with Crippen molar-refractivity contribution in [1.29, 1.82) is 0 Å². The summed E-state index contributed by atoms with van der Waals surface area (Å²) in [7, 11) is 0. The van der Waals surface area contributed by atoms with Gasteiger partial charge < -0.3 is 15.5 Å². The van der Waals surface area contributed by atoms with Crippen molar-refractivity contribution in [2.75, 3.05) is 13.2 Å². The van der Waals surface area contributed by atoms with E-state index in [0.29, 0.717) is 13.0 Å². The van der Waals surface area contributed by atoms with Gasteiger partial charge in [-0.3, -0.25) is 4.79 Å². The first-order valence-corrected chi connectivity index (χ1v) is 6.81. The van der Waals surface area contributed by atoms with E-state index >= 15 is 0 Å². The van der Waals surface area contributed by atoms with Crippen molar-refractivity contribution in [2.45, 2.75) is 26.2 Å². The minimum Gasteiger partial charge on any atom is -0.478 e. The van der Waals surface area contributed by atoms with E-state index in [-0.39, 0.29) is 29.6 Å². The van der Waals surface area contributed by atoms with Crippen LogP contribution in [0.4, 0.5) is 0 Å². The van der Waals surface area contributed by atoms with Crippen LogP contribution in [0.5, 0.6) is 0 Å². The highest BCUT2D eigenvalue weighted by molar-refractivity contribution is 6.04. The standard InChI is InChI=1S/C15H21NO4/c1-2-5-11(8-9-17)10-16-14(18)12-6-3-4-7-13(12)15(19)20/h3-4,6-7,11,17H,2,5,8-10H2,1H3,(H,16,18)(H,19,20). The van der Waals surface area contributed by atoms with Crippen LogP contribution in [-0.2, 0) is 0 Å². The zero-order valence-electron chi connectivity index (χ0n) is 11.6. The molecule has 0 heterocycles. The number of carbonyl (C=O) groups excluding carboxylic acids is 1. The van der Waals surface area contributed by atoms with Gasteiger partial charge in [0.05, 0.1) is 11.1 Å². The molecule has 0 aromatic heterocycles. The monoisotopic (exact) mass is 279 g/mol. The highest BCUT2D eigenvalue weighted by Crippen LogP contribution is 2.12. The van der Waals surface area contributed by atoms with Crippen molar-refractivity contribution >= 4 is 11.9 Å². The Morgan fingerprint density at radius 3 is 2.40 bits per heavy atom. The molecule has 0 spiro atoms. The topological polar surface area (TPSA) is 86.6 Å². The molecule has 1 aromatic rings. The average Bonchev–Trinajstić information content (AvgIpc) is 2.45. The fourth-order valence-corrected chi connectivity index (χ4v) is 2.14. The van der Waals surface area contributed by atoms with Crippen LogP contribution in [0.3, 0.4) is 0 Å². The van der Waals surface area contributed by atoms with E-state index in [1.807, 2.05) is 6.92 Å². The number of carboxylic acid groups (broad SMARTS) is 1. The van der Waals surface area contributed by atoms with Gasteiger partial charge >= 0.3 is 5.97 Å². The van der Waals surface area contributed by atoms with E-state index < -0.39 is 5.97 Å². The van der Waals surface area contributed by atoms with Crippen LogP contribution in [0.1, 0.15) is 46.9 Å². The van der Waals surface area contributed by atoms with Crippen LogP contribution in [0.25, 0.3) is 0 Å². The van der Waals surface area contributed by atoms with Gasteiger partial charge in [-0.05, 0) is 30.9 Å². The molecule has 5 heteroatoms. The number of aromatic carboxylic acids is 1. The Kier molecular flexibility index (Phi) is 6.73. The van der Waals surface area contributed by atoms with E-state index in [1.165, 1.54) is 12.1 Å². The number of carboxylic acids is 1. The fourth-order valence-electron chi connectivity index (χ4n) is 2.14. The van der Waals surface area contributed by atoms with Crippen LogP contribution < -0.4 is 5.32 Å². The maximum atomic E-state index is 12.0. The quantitative estimate of drug-likeness (QED) is 0.678. The maximum absolute atomic E-state index is 12.0. The maximum Gasteiger partial charge on any atom is 0.336 e. The smallest absolute Gasteiger partial charge is 0.336 e. The molecule has 0 fully saturated rings. The van der Waals surface area contributed by atoms with Gasteiger partial charge in [-0.15, -0.1) is 0 Å². The Bertz CT molecular complexity index is 453. The molecular weight excluding hydrogens is 258 g/mol. The van der Waals surface area contributed by atoms with Crippen molar-refractivity contribution in [1.82, 2.24) is 5.32 Å². The van der Waals surface area contributed by atoms with Crippen LogP contribution in [0, 0.1) is 5.92 Å². The number of amides is 1. The summed E-state index contributed by atoms with van der Waals surface area (Å²) in [4.78, 5) is 23.1. The molecule has 0 saturated carbocycles. The highest BCUT2D eigenvalue weighted by Gasteiger charge is 2.16. The number of aliphatic hydroxyl groups excluding tert-OH is 1. The number of hydrogen-bond donors (Lipinski definition) is 3. The normalized spacial score (nSPS) is 11.9. The highest BCUT2D eigenvalue weighted by atomic mass is 16.4. The third-order valence-electron chi connectivity index (χ3n) is 3.19. The average molecular weight is 279 g/mol. The molecule has 3 N–H and O–H groups in total. The second kappa shape index (κ2) is 8.32. The number of hydrogen-bond acceptors (Lipinski definition) is 3. The van der Waals surface area contributed by atoms with E-state index in [4.69, 9.17) is 10.2 Å². The molecule has 1 rings (SSSR count). The summed E-state index contributed by atoms with van der Waals surface area (Å²) in [5.74, 6) is -1.29. The molecule has 5 nitrogen and oxygen atoms in total. The lowest BCUT2D eigenvalue weighted by atomic mass is 10.00. The van der Waals surface area contributed by atoms with Gasteiger partial charge in [0.25, 0.3) is 5.91 Å². The largest absolute Gasteiger partial charge is 0.478 e. The Labute approximate surface area is 118 Å². The third kappa shape index (κ3) is 4.66. The van der Waals surface area contributed by atoms with Gasteiger partial charge in [0.2, 0.25) is 0 Å². The molecule has 110 valence electrons. The van der Waals surface area contributed by atoms with Crippen molar-refractivity contribution in [2.24, 2.45) is 5.92 Å². The number of benzene rings is 1. The number of aliphatic hydroxyl groups is 1. The fraction of sp³-hybridized carbons (Fsp3) is 0.467. The summed E-state index contributed by atoms with van der Waals surface area (Å²) < 4.78 is 0. The lowest BCUT2D eigenvalue weighted by Crippen LogP contribution is -2.30. The summed E-state index contributed by atoms with van der Waals surface area (Å²) in [6.07, 6.45) is 2.53. The molecule has 20 heavy (non-hydrogen) atoms. The first kappa shape index (κ1) is 16.2. The van der Waals surface area contributed by atoms with Crippen molar-refractivity contribution in [3.05, 3.63) is 35.4 Å². The summed E-state index contributed by atoms with van der Waals surface area (Å²) >= 11 is 0. The number of rotatable bonds is 8. The van der Waals surface area contributed by atoms with Gasteiger partial charge in [-0.25, -0.2) is 4.79 Å². The Hall–Kier alpha value is -1.88. The molecule has 1 unspecified atom stereocenters. The van der Waals surface area contributed by atoms with Crippen molar-refractivity contribution in [3.63, 3.8) is 0 Å². The summed E-state index contributed by atoms with van der Waals surface area (Å²) in [6, 6.07) is 6.14. The predicted molar refractivity (Wildman–Crippen MR) is 75.8 cm³/mol. The number of nitrogens with one attached hydrogen (secondary N) is 1. The molecule has 1 aromatic carbocycles. The molecular formula is C15H21NO4. The van der Waals surface area contributed by atoms with Crippen LogP contribution >= 0.6 is 0 Å². The molecule has 0 aliphatic heterocycles. The molecule has 0 radical (unpaired) electrons. The van der Waals surface area contributed by atoms with Crippen LogP contribution in [0.15, 0.2) is 24.3 Å². The Morgan fingerprint density at radius 2 is 1.85 bits per heavy atom. The summed E-state index contributed by atoms with van der Waals surface area (Å²) in [6.45, 7) is 2.58. The van der Waals surface area contributed by atoms with Gasteiger partial charge in [-0.1, -0.05) is 25.5 Å². The first-order valence-electron chi connectivity index (χ1n) is 6.81. The molecule has 0 bridgehead atoms. The zero-order chi connectivity index (χ0) is 15.0. The zero-order valence-corrected chi connectivity index (χ0v) is 11.6. The molecule has 1 amide bonds. The van der Waals surface area contributed by atoms with Gasteiger partial charge in [0.15, 0.2) is 0 Å². The summed E-state index contributed by atoms with van der Waals surface area (Å²) in [5, 5.41) is 20.8. The van der Waals surface area contributed by atoms with Crippen LogP contribution in [0.2, 0.25) is 0 Å². The summed E-state index contributed by atoms with van der Waals surface area (Å²) in [5.41, 5.74) is 0.165. The van der Waals surface area contributed by atoms with E-state index in [2.05, 4.69) is 5.32 Å². The minimum atomic E-state index is -1.11. The van der Waals surface area contributed by atoms with Crippen molar-refractivity contribution in [3.8, 4) is 0 Å². The van der Waals surface area contributed by atoms with Gasteiger partial charge in [0.1, 0.15) is 0 Å². The second-order valence-corrected chi connectivity index (χ2v) is 4.73. The third-order valence-corrected chi connectivity index (χ3v) is 3.19. The van der Waals surface area contributed by atoms with E-state index in [9.17, 15) is 9.59 Å². The van der Waals surface area contributed by atoms with Gasteiger partial charge in [-0.2, -0.15) is 0 Å². The molecule has 0 saturated heterocycles. The molecule has 0 aliphatic carbocycles. The predicted octanol–water partition coefficient (Wildman–Crippen LogP) is 1.91. The van der Waals surface area contributed by atoms with Gasteiger partial charge in [0, 0.05) is 13.2 Å². The van der Waals surface area contributed by atoms with Crippen molar-refractivity contribution < 1.29 is 19.8 Å². The first-order chi connectivity index (χ1) is 9.60.